The summed E-state index contributed by atoms with van der Waals surface area (Å²) in [7, 11) is 5.42. The Hall–Kier alpha value is -3.57. The van der Waals surface area contributed by atoms with E-state index in [0.717, 1.165) is 47.8 Å². The van der Waals surface area contributed by atoms with Crippen LogP contribution in [0.5, 0.6) is 11.5 Å². The number of hydrogen-bond acceptors (Lipinski definition) is 5. The molecule has 1 aliphatic heterocycles. The Balaban J connectivity index is 0.000000256. The second-order valence-electron chi connectivity index (χ2n) is 9.24. The lowest BCUT2D eigenvalue weighted by Crippen LogP contribution is -2.32. The summed E-state index contributed by atoms with van der Waals surface area (Å²) < 4.78 is 15.9. The maximum atomic E-state index is 13.1. The van der Waals surface area contributed by atoms with Crippen LogP contribution in [0.4, 0.5) is 0 Å². The second kappa shape index (κ2) is 12.4. The average molecular weight is 486 g/mol. The number of methoxy groups -OCH3 is 2. The van der Waals surface area contributed by atoms with Crippen LogP contribution in [-0.4, -0.2) is 44.7 Å². The van der Waals surface area contributed by atoms with Gasteiger partial charge in [-0.05, 0) is 61.7 Å². The van der Waals surface area contributed by atoms with Gasteiger partial charge in [0.15, 0.2) is 11.5 Å². The minimum Gasteiger partial charge on any atom is -0.493 e. The van der Waals surface area contributed by atoms with Gasteiger partial charge in [0.05, 0.1) is 14.2 Å². The summed E-state index contributed by atoms with van der Waals surface area (Å²) in [6, 6.07) is 27.8. The van der Waals surface area contributed by atoms with Crippen LogP contribution in [0.1, 0.15) is 36.3 Å². The van der Waals surface area contributed by atoms with Gasteiger partial charge in [0.25, 0.3) is 0 Å². The van der Waals surface area contributed by atoms with Gasteiger partial charge in [-0.2, -0.15) is 0 Å². The molecule has 5 rings (SSSR count). The highest BCUT2D eigenvalue weighted by atomic mass is 16.5. The molecule has 2 atom stereocenters. The Bertz CT molecular complexity index is 1080. The number of esters is 1. The average Bonchev–Trinajstić information content (AvgIpc) is 3.30. The van der Waals surface area contributed by atoms with Crippen molar-refractivity contribution in [3.63, 3.8) is 0 Å². The number of carbonyl (C=O) groups excluding carboxylic acids is 1. The molecule has 0 saturated carbocycles. The quantitative estimate of drug-likeness (QED) is 0.397. The number of rotatable bonds is 6. The maximum Gasteiger partial charge on any atom is 0.322 e. The molecule has 188 valence electrons. The molecule has 0 bridgehead atoms. The first kappa shape index (κ1) is 25.5. The molecule has 1 heterocycles. The highest BCUT2D eigenvalue weighted by Gasteiger charge is 2.36. The van der Waals surface area contributed by atoms with Crippen LogP contribution in [-0.2, 0) is 9.53 Å². The summed E-state index contributed by atoms with van der Waals surface area (Å²) in [5.41, 5.74) is 1.94. The zero-order chi connectivity index (χ0) is 25.3. The molecular weight excluding hydrogens is 450 g/mol. The van der Waals surface area contributed by atoms with Gasteiger partial charge in [-0.3, -0.25) is 4.79 Å². The number of likely N-dealkylation sites (tertiary alicyclic amines) is 1. The molecule has 0 spiro atoms. The Morgan fingerprint density at radius 2 is 1.36 bits per heavy atom. The van der Waals surface area contributed by atoms with Crippen LogP contribution in [0.25, 0.3) is 0 Å². The first-order valence-corrected chi connectivity index (χ1v) is 12.5. The van der Waals surface area contributed by atoms with Gasteiger partial charge in [0, 0.05) is 12.5 Å². The number of allylic oxidation sites excluding steroid dienone is 1. The van der Waals surface area contributed by atoms with E-state index in [1.54, 1.807) is 14.2 Å². The fraction of sp³-hybridized carbons (Fsp3) is 0.323. The van der Waals surface area contributed by atoms with Crippen molar-refractivity contribution in [1.82, 2.24) is 4.90 Å². The van der Waals surface area contributed by atoms with E-state index in [2.05, 4.69) is 18.0 Å². The van der Waals surface area contributed by atoms with Gasteiger partial charge in [-0.1, -0.05) is 72.8 Å². The van der Waals surface area contributed by atoms with Crippen LogP contribution in [0.3, 0.4) is 0 Å². The summed E-state index contributed by atoms with van der Waals surface area (Å²) in [5, 5.41) is 0. The Morgan fingerprint density at radius 3 is 1.89 bits per heavy atom. The van der Waals surface area contributed by atoms with Crippen LogP contribution in [0.2, 0.25) is 0 Å². The third-order valence-electron chi connectivity index (χ3n) is 7.04. The number of benzene rings is 3. The van der Waals surface area contributed by atoms with Crippen molar-refractivity contribution in [3.8, 4) is 11.5 Å². The number of carbonyl (C=O) groups is 1. The van der Waals surface area contributed by atoms with Crippen molar-refractivity contribution >= 4 is 5.97 Å². The van der Waals surface area contributed by atoms with Crippen LogP contribution >= 0.6 is 0 Å². The van der Waals surface area contributed by atoms with Crippen molar-refractivity contribution < 1.29 is 19.0 Å². The summed E-state index contributed by atoms with van der Waals surface area (Å²) in [5.74, 6) is 2.50. The third kappa shape index (κ3) is 6.16. The first-order chi connectivity index (χ1) is 17.6. The smallest absolute Gasteiger partial charge is 0.322 e. The molecule has 0 N–H and O–H groups in total. The van der Waals surface area contributed by atoms with Gasteiger partial charge < -0.3 is 19.1 Å². The molecule has 3 aromatic rings. The molecule has 1 fully saturated rings. The van der Waals surface area contributed by atoms with E-state index >= 15 is 0 Å². The minimum atomic E-state index is -0.391. The fourth-order valence-corrected chi connectivity index (χ4v) is 5.07. The molecular formula is C31H35NO4. The molecule has 36 heavy (non-hydrogen) atoms. The Labute approximate surface area is 214 Å². The molecule has 1 saturated heterocycles. The minimum absolute atomic E-state index is 0.187. The normalized spacial score (nSPS) is 18.9. The van der Waals surface area contributed by atoms with Gasteiger partial charge in [-0.25, -0.2) is 0 Å². The van der Waals surface area contributed by atoms with Crippen LogP contribution in [0.15, 0.2) is 96.8 Å². The Morgan fingerprint density at radius 1 is 0.833 bits per heavy atom. The van der Waals surface area contributed by atoms with Crippen LogP contribution in [0, 0.1) is 5.92 Å². The molecule has 1 aliphatic carbocycles. The van der Waals surface area contributed by atoms with Gasteiger partial charge >= 0.3 is 5.97 Å². The predicted octanol–water partition coefficient (Wildman–Crippen LogP) is 6.06. The van der Waals surface area contributed by atoms with E-state index in [0.29, 0.717) is 12.0 Å². The van der Waals surface area contributed by atoms with Crippen molar-refractivity contribution in [2.75, 3.05) is 27.8 Å². The number of ether oxygens (including phenoxy) is 3. The number of nitrogens with zero attached hydrogens (tertiary/aromatic N) is 1. The lowest BCUT2D eigenvalue weighted by molar-refractivity contribution is -0.140. The summed E-state index contributed by atoms with van der Waals surface area (Å²) >= 11 is 0. The maximum absolute atomic E-state index is 13.1. The molecule has 3 aromatic carbocycles. The first-order valence-electron chi connectivity index (χ1n) is 12.5. The van der Waals surface area contributed by atoms with Crippen LogP contribution < -0.4 is 9.47 Å². The molecule has 0 radical (unpaired) electrons. The molecule has 5 heteroatoms. The van der Waals surface area contributed by atoms with Gasteiger partial charge in [0.1, 0.15) is 11.7 Å². The molecule has 0 aromatic heterocycles. The Kier molecular flexibility index (Phi) is 8.80. The van der Waals surface area contributed by atoms with E-state index < -0.39 is 5.92 Å². The summed E-state index contributed by atoms with van der Waals surface area (Å²) in [6.45, 7) is 1.14. The standard InChI is InChI=1S/C23H25NO2.C8H10O2/c1-24-15-14-17-12-13-20(16-21(17)24)26-23(25)22(18-8-4-2-5-9-18)19-10-6-3-7-11-19;1-9-7-5-3-4-6-8(7)10-2/h2-11,13,17,21-22H,12,14-16H2,1H3;3-6H,1-2H3. The third-order valence-corrected chi connectivity index (χ3v) is 7.04. The largest absolute Gasteiger partial charge is 0.493 e. The molecule has 0 amide bonds. The van der Waals surface area contributed by atoms with Crippen molar-refractivity contribution in [2.24, 2.45) is 5.92 Å². The monoisotopic (exact) mass is 485 g/mol. The summed E-state index contributed by atoms with van der Waals surface area (Å²) in [4.78, 5) is 15.5. The molecule has 2 unspecified atom stereocenters. The SMILES string of the molecule is CN1CCC2CC=C(OC(=O)C(c3ccccc3)c3ccccc3)CC21.COc1ccccc1OC. The van der Waals surface area contributed by atoms with Crippen molar-refractivity contribution in [3.05, 3.63) is 108 Å². The van der Waals surface area contributed by atoms with E-state index in [1.807, 2.05) is 84.9 Å². The van der Waals surface area contributed by atoms with E-state index in [4.69, 9.17) is 14.2 Å². The van der Waals surface area contributed by atoms with Crippen molar-refractivity contribution in [2.45, 2.75) is 31.2 Å². The number of hydrogen-bond donors (Lipinski definition) is 0. The van der Waals surface area contributed by atoms with E-state index in [1.165, 1.54) is 6.42 Å². The number of para-hydroxylation sites is 2. The van der Waals surface area contributed by atoms with E-state index in [-0.39, 0.29) is 5.97 Å². The van der Waals surface area contributed by atoms with Crippen molar-refractivity contribution in [1.29, 1.82) is 0 Å². The zero-order valence-electron chi connectivity index (χ0n) is 21.3. The predicted molar refractivity (Wildman–Crippen MR) is 142 cm³/mol. The second-order valence-corrected chi connectivity index (χ2v) is 9.24. The molecule has 5 nitrogen and oxygen atoms in total. The van der Waals surface area contributed by atoms with Gasteiger partial charge in [0.2, 0.25) is 0 Å². The molecule has 2 aliphatic rings. The number of fused-ring (bicyclic) bond motifs is 1. The topological polar surface area (TPSA) is 48.0 Å². The summed E-state index contributed by atoms with van der Waals surface area (Å²) in [6.07, 6.45) is 5.23. The fourth-order valence-electron chi connectivity index (χ4n) is 5.07. The van der Waals surface area contributed by atoms with Gasteiger partial charge in [-0.15, -0.1) is 0 Å². The lowest BCUT2D eigenvalue weighted by Gasteiger charge is -2.29. The lowest BCUT2D eigenvalue weighted by atomic mass is 9.88. The van der Waals surface area contributed by atoms with E-state index in [9.17, 15) is 4.79 Å². The zero-order valence-corrected chi connectivity index (χ0v) is 21.3. The highest BCUT2D eigenvalue weighted by Crippen LogP contribution is 2.36. The highest BCUT2D eigenvalue weighted by molar-refractivity contribution is 5.83.